The van der Waals surface area contributed by atoms with E-state index < -0.39 is 0 Å². The van der Waals surface area contributed by atoms with Crippen molar-refractivity contribution in [3.05, 3.63) is 0 Å². The number of hydrogen-bond acceptors (Lipinski definition) is 3. The van der Waals surface area contributed by atoms with Gasteiger partial charge in [-0.3, -0.25) is 0 Å². The monoisotopic (exact) mass is 268 g/mol. The lowest BCUT2D eigenvalue weighted by Gasteiger charge is -2.43. The summed E-state index contributed by atoms with van der Waals surface area (Å²) in [6, 6.07) is 0. The Hall–Kier alpha value is -0.120. The van der Waals surface area contributed by atoms with Crippen molar-refractivity contribution in [1.82, 2.24) is 10.2 Å². The molecule has 2 aliphatic rings. The number of rotatable bonds is 6. The van der Waals surface area contributed by atoms with E-state index in [0.29, 0.717) is 10.8 Å². The second-order valence-corrected chi connectivity index (χ2v) is 6.82. The van der Waals surface area contributed by atoms with Crippen LogP contribution in [0.5, 0.6) is 0 Å². The maximum atomic E-state index is 5.67. The molecule has 2 fully saturated rings. The molecule has 112 valence electrons. The first-order valence-corrected chi connectivity index (χ1v) is 8.12. The second kappa shape index (κ2) is 6.55. The van der Waals surface area contributed by atoms with Gasteiger partial charge in [-0.1, -0.05) is 26.7 Å². The molecular formula is C16H32N2O. The van der Waals surface area contributed by atoms with Crippen LogP contribution in [-0.4, -0.2) is 51.3 Å². The summed E-state index contributed by atoms with van der Waals surface area (Å²) < 4.78 is 5.67. The first-order valence-electron chi connectivity index (χ1n) is 8.12. The average Bonchev–Trinajstić information content (AvgIpc) is 2.89. The quantitative estimate of drug-likeness (QED) is 0.801. The molecule has 0 amide bonds. The van der Waals surface area contributed by atoms with Gasteiger partial charge in [-0.15, -0.1) is 0 Å². The minimum atomic E-state index is 0.368. The molecule has 2 rings (SSSR count). The molecule has 0 radical (unpaired) electrons. The molecule has 0 aromatic heterocycles. The van der Waals surface area contributed by atoms with E-state index in [2.05, 4.69) is 31.1 Å². The van der Waals surface area contributed by atoms with E-state index in [-0.39, 0.29) is 0 Å². The number of likely N-dealkylation sites (tertiary alicyclic amines) is 1. The Bertz CT molecular complexity index is 260. The third-order valence-electron chi connectivity index (χ3n) is 5.71. The summed E-state index contributed by atoms with van der Waals surface area (Å²) in [6.07, 6.45) is 6.69. The summed E-state index contributed by atoms with van der Waals surface area (Å²) in [6.45, 7) is 11.5. The Kier molecular flexibility index (Phi) is 5.27. The third kappa shape index (κ3) is 3.50. The van der Waals surface area contributed by atoms with Crippen LogP contribution in [-0.2, 0) is 4.74 Å². The van der Waals surface area contributed by atoms with Crippen molar-refractivity contribution in [3.8, 4) is 0 Å². The molecule has 0 aromatic rings. The fraction of sp³-hybridized carbons (Fsp3) is 1.00. The van der Waals surface area contributed by atoms with Gasteiger partial charge in [-0.05, 0) is 44.8 Å². The van der Waals surface area contributed by atoms with Gasteiger partial charge in [0.1, 0.15) is 0 Å². The van der Waals surface area contributed by atoms with Gasteiger partial charge in [0, 0.05) is 25.1 Å². The summed E-state index contributed by atoms with van der Waals surface area (Å²) in [5.41, 5.74) is 1.01. The molecule has 1 N–H and O–H groups in total. The SMILES string of the molecule is CCC1(CC)CCN(CC2(CNC)CCOC2)CC1. The molecular weight excluding hydrogens is 236 g/mol. The van der Waals surface area contributed by atoms with E-state index in [4.69, 9.17) is 4.74 Å². The Labute approximate surface area is 119 Å². The van der Waals surface area contributed by atoms with Gasteiger partial charge < -0.3 is 15.0 Å². The lowest BCUT2D eigenvalue weighted by Crippen LogP contribution is -2.48. The minimum Gasteiger partial charge on any atom is -0.381 e. The van der Waals surface area contributed by atoms with Crippen molar-refractivity contribution in [3.63, 3.8) is 0 Å². The average molecular weight is 268 g/mol. The molecule has 3 nitrogen and oxygen atoms in total. The van der Waals surface area contributed by atoms with Gasteiger partial charge >= 0.3 is 0 Å². The zero-order chi connectivity index (χ0) is 13.8. The van der Waals surface area contributed by atoms with Gasteiger partial charge in [0.05, 0.1) is 6.61 Å². The lowest BCUT2D eigenvalue weighted by atomic mass is 9.73. The number of piperidine rings is 1. The second-order valence-electron chi connectivity index (χ2n) is 6.82. The Morgan fingerprint density at radius 2 is 1.74 bits per heavy atom. The fourth-order valence-electron chi connectivity index (χ4n) is 3.96. The standard InChI is InChI=1S/C16H32N2O/c1-4-15(5-2)6-9-18(10-7-15)13-16(12-17-3)8-11-19-14-16/h17H,4-14H2,1-3H3. The van der Waals surface area contributed by atoms with E-state index in [1.54, 1.807) is 0 Å². The van der Waals surface area contributed by atoms with Gasteiger partial charge in [-0.2, -0.15) is 0 Å². The van der Waals surface area contributed by atoms with Crippen LogP contribution in [0.1, 0.15) is 46.0 Å². The van der Waals surface area contributed by atoms with Crippen LogP contribution in [0, 0.1) is 10.8 Å². The summed E-state index contributed by atoms with van der Waals surface area (Å²) >= 11 is 0. The van der Waals surface area contributed by atoms with Crippen LogP contribution in [0.2, 0.25) is 0 Å². The summed E-state index contributed by atoms with van der Waals surface area (Å²) in [5, 5.41) is 3.37. The lowest BCUT2D eigenvalue weighted by molar-refractivity contribution is 0.0528. The van der Waals surface area contributed by atoms with Crippen LogP contribution in [0.25, 0.3) is 0 Å². The summed E-state index contributed by atoms with van der Waals surface area (Å²) in [5.74, 6) is 0. The molecule has 0 aromatic carbocycles. The molecule has 3 heteroatoms. The Balaban J connectivity index is 1.87. The van der Waals surface area contributed by atoms with Crippen LogP contribution in [0.4, 0.5) is 0 Å². The minimum absolute atomic E-state index is 0.368. The highest BCUT2D eigenvalue weighted by atomic mass is 16.5. The smallest absolute Gasteiger partial charge is 0.0547 e. The predicted molar refractivity (Wildman–Crippen MR) is 80.5 cm³/mol. The number of nitrogens with one attached hydrogen (secondary N) is 1. The molecule has 0 bridgehead atoms. The predicted octanol–water partition coefficient (Wildman–Crippen LogP) is 2.51. The first kappa shape index (κ1) is 15.3. The van der Waals surface area contributed by atoms with Crippen LogP contribution in [0.15, 0.2) is 0 Å². The van der Waals surface area contributed by atoms with Gasteiger partial charge in [-0.25, -0.2) is 0 Å². The van der Waals surface area contributed by atoms with E-state index in [1.807, 2.05) is 0 Å². The number of nitrogens with zero attached hydrogens (tertiary/aromatic N) is 1. The van der Waals surface area contributed by atoms with E-state index >= 15 is 0 Å². The van der Waals surface area contributed by atoms with Crippen LogP contribution < -0.4 is 5.32 Å². The van der Waals surface area contributed by atoms with Crippen molar-refractivity contribution >= 4 is 0 Å². The summed E-state index contributed by atoms with van der Waals surface area (Å²) in [4.78, 5) is 2.69. The summed E-state index contributed by atoms with van der Waals surface area (Å²) in [7, 11) is 2.06. The van der Waals surface area contributed by atoms with Crippen LogP contribution >= 0.6 is 0 Å². The molecule has 19 heavy (non-hydrogen) atoms. The zero-order valence-electron chi connectivity index (χ0n) is 13.1. The van der Waals surface area contributed by atoms with Crippen molar-refractivity contribution in [2.75, 3.05) is 46.4 Å². The van der Waals surface area contributed by atoms with E-state index in [1.165, 1.54) is 51.7 Å². The Morgan fingerprint density at radius 1 is 1.05 bits per heavy atom. The highest BCUT2D eigenvalue weighted by Crippen LogP contribution is 2.39. The molecule has 1 atom stereocenters. The number of ether oxygens (including phenoxy) is 1. The van der Waals surface area contributed by atoms with E-state index in [0.717, 1.165) is 19.8 Å². The highest BCUT2D eigenvalue weighted by Gasteiger charge is 2.38. The van der Waals surface area contributed by atoms with Crippen LogP contribution in [0.3, 0.4) is 0 Å². The van der Waals surface area contributed by atoms with Crippen molar-refractivity contribution in [1.29, 1.82) is 0 Å². The molecule has 0 spiro atoms. The molecule has 0 saturated carbocycles. The zero-order valence-corrected chi connectivity index (χ0v) is 13.1. The number of hydrogen-bond donors (Lipinski definition) is 1. The fourth-order valence-corrected chi connectivity index (χ4v) is 3.96. The van der Waals surface area contributed by atoms with Gasteiger partial charge in [0.25, 0.3) is 0 Å². The molecule has 2 heterocycles. The van der Waals surface area contributed by atoms with Crippen molar-refractivity contribution < 1.29 is 4.74 Å². The first-order chi connectivity index (χ1) is 9.17. The molecule has 2 aliphatic heterocycles. The highest BCUT2D eigenvalue weighted by molar-refractivity contribution is 4.91. The van der Waals surface area contributed by atoms with Gasteiger partial charge in [0.2, 0.25) is 0 Å². The van der Waals surface area contributed by atoms with Crippen molar-refractivity contribution in [2.45, 2.75) is 46.0 Å². The maximum absolute atomic E-state index is 5.67. The molecule has 0 aliphatic carbocycles. The molecule has 2 saturated heterocycles. The topological polar surface area (TPSA) is 24.5 Å². The third-order valence-corrected chi connectivity index (χ3v) is 5.71. The normalized spacial score (nSPS) is 31.7. The van der Waals surface area contributed by atoms with Gasteiger partial charge in [0.15, 0.2) is 0 Å². The Morgan fingerprint density at radius 3 is 2.21 bits per heavy atom. The van der Waals surface area contributed by atoms with Crippen molar-refractivity contribution in [2.24, 2.45) is 10.8 Å². The molecule has 1 unspecified atom stereocenters. The largest absolute Gasteiger partial charge is 0.381 e. The maximum Gasteiger partial charge on any atom is 0.0547 e. The van der Waals surface area contributed by atoms with E-state index in [9.17, 15) is 0 Å².